The fraction of sp³-hybridized carbons (Fsp3) is 0.444. The molecule has 3 aliphatic carbocycles. The smallest absolute Gasteiger partial charge is 0.338 e. The van der Waals surface area contributed by atoms with E-state index in [4.69, 9.17) is 14.2 Å². The number of fused-ring (bicyclic) bond motifs is 5. The molecule has 58 heavy (non-hydrogen) atoms. The van der Waals surface area contributed by atoms with Gasteiger partial charge in [-0.25, -0.2) is 4.79 Å². The van der Waals surface area contributed by atoms with Crippen LogP contribution in [0.5, 0.6) is 0 Å². The largest absolute Gasteiger partial charge is 0.455 e. The minimum absolute atomic E-state index is 0.0926. The quantitative estimate of drug-likeness (QED) is 0.157. The fourth-order valence-corrected chi connectivity index (χ4v) is 9.86. The van der Waals surface area contributed by atoms with Crippen LogP contribution >= 0.6 is 0 Å². The lowest BCUT2D eigenvalue weighted by molar-refractivity contribution is -0.275. The van der Waals surface area contributed by atoms with Crippen molar-refractivity contribution < 1.29 is 53.5 Å². The second kappa shape index (κ2) is 15.5. The third kappa shape index (κ3) is 6.83. The van der Waals surface area contributed by atoms with E-state index in [0.29, 0.717) is 16.7 Å². The molecule has 1 saturated heterocycles. The zero-order chi connectivity index (χ0) is 41.7. The molecular formula is C45H50N2O11. The molecule has 306 valence electrons. The molecule has 4 aliphatic rings. The number of amides is 2. The third-order valence-electron chi connectivity index (χ3n) is 13.2. The zero-order valence-electron chi connectivity index (χ0n) is 33.1. The van der Waals surface area contributed by atoms with E-state index in [-0.39, 0.29) is 30.6 Å². The van der Waals surface area contributed by atoms with Gasteiger partial charge in [-0.3, -0.25) is 19.2 Å². The minimum atomic E-state index is -2.10. The van der Waals surface area contributed by atoms with Crippen molar-refractivity contribution >= 4 is 29.5 Å². The summed E-state index contributed by atoms with van der Waals surface area (Å²) < 4.78 is 18.1. The predicted molar refractivity (Wildman–Crippen MR) is 209 cm³/mol. The number of aliphatic hydroxyl groups is 3. The van der Waals surface area contributed by atoms with Gasteiger partial charge in [0.25, 0.3) is 11.8 Å². The average molecular weight is 795 g/mol. The monoisotopic (exact) mass is 794 g/mol. The highest BCUT2D eigenvalue weighted by atomic mass is 16.6. The highest BCUT2D eigenvalue weighted by molar-refractivity contribution is 5.96. The number of esters is 2. The van der Waals surface area contributed by atoms with Crippen LogP contribution in [0.15, 0.2) is 102 Å². The standard InChI is InChI=1S/C45H50N2O11/c1-24-30(46-41(53)36(50)35(26-15-9-6-10-16-26)47-40(52)27-17-11-7-12-18-27)22-45(55)39(58-42(54)28-19-13-8-14-20-28)34-29-23-56-31(29)21-32(49)44(34,5)38(51)37(57-25(2)48)33(24)43(45,3)4/h6-20,29-32,34-37,39,49-50,55H,21-23H2,1-5H3,(H,46,53)(H,47,52)/t29-,30+,31-,32+,34+,35+,36-,37-,39+,44-,45-/m1/s1. The Morgan fingerprint density at radius 2 is 1.47 bits per heavy atom. The molecule has 5 N–H and O–H groups in total. The summed E-state index contributed by atoms with van der Waals surface area (Å²) in [4.78, 5) is 69.8. The molecule has 13 heteroatoms. The summed E-state index contributed by atoms with van der Waals surface area (Å²) >= 11 is 0. The van der Waals surface area contributed by atoms with Gasteiger partial charge in [0, 0.05) is 42.6 Å². The fourth-order valence-electron chi connectivity index (χ4n) is 9.86. The average Bonchev–Trinajstić information content (AvgIpc) is 3.20. The van der Waals surface area contributed by atoms with Gasteiger partial charge < -0.3 is 40.2 Å². The van der Waals surface area contributed by atoms with E-state index in [9.17, 15) is 34.5 Å². The molecule has 2 bridgehead atoms. The zero-order valence-corrected chi connectivity index (χ0v) is 33.1. The Bertz CT molecular complexity index is 2110. The van der Waals surface area contributed by atoms with Gasteiger partial charge in [-0.15, -0.1) is 0 Å². The van der Waals surface area contributed by atoms with E-state index in [2.05, 4.69) is 10.6 Å². The topological polar surface area (TPSA) is 198 Å². The molecular weight excluding hydrogens is 744 g/mol. The maximum Gasteiger partial charge on any atom is 0.338 e. The van der Waals surface area contributed by atoms with Crippen LogP contribution in [0.2, 0.25) is 0 Å². The first-order valence-corrected chi connectivity index (χ1v) is 19.6. The number of hydrogen-bond donors (Lipinski definition) is 5. The number of aliphatic hydroxyl groups excluding tert-OH is 2. The van der Waals surface area contributed by atoms with Crippen LogP contribution < -0.4 is 10.6 Å². The molecule has 3 aromatic carbocycles. The Kier molecular flexibility index (Phi) is 11.0. The van der Waals surface area contributed by atoms with E-state index in [1.54, 1.807) is 119 Å². The molecule has 1 aliphatic heterocycles. The minimum Gasteiger partial charge on any atom is -0.455 e. The van der Waals surface area contributed by atoms with E-state index in [1.807, 2.05) is 0 Å². The van der Waals surface area contributed by atoms with Gasteiger partial charge in [-0.05, 0) is 54.8 Å². The van der Waals surface area contributed by atoms with Crippen LogP contribution in [-0.4, -0.2) is 93.6 Å². The van der Waals surface area contributed by atoms with Crippen LogP contribution in [0.25, 0.3) is 0 Å². The summed E-state index contributed by atoms with van der Waals surface area (Å²) in [5.74, 6) is -5.14. The number of ether oxygens (including phenoxy) is 3. The molecule has 0 radical (unpaired) electrons. The molecule has 13 nitrogen and oxygen atoms in total. The highest BCUT2D eigenvalue weighted by Crippen LogP contribution is 2.62. The van der Waals surface area contributed by atoms with Crippen molar-refractivity contribution in [2.75, 3.05) is 6.61 Å². The van der Waals surface area contributed by atoms with Crippen molar-refractivity contribution in [1.82, 2.24) is 10.6 Å². The normalized spacial score (nSPS) is 32.1. The van der Waals surface area contributed by atoms with Crippen molar-refractivity contribution in [2.45, 2.75) is 95.7 Å². The molecule has 0 spiro atoms. The van der Waals surface area contributed by atoms with E-state index < -0.39 is 100 Å². The van der Waals surface area contributed by atoms with Crippen LogP contribution in [0.3, 0.4) is 0 Å². The lowest BCUT2D eigenvalue weighted by Crippen LogP contribution is -2.75. The molecule has 0 aromatic heterocycles. The van der Waals surface area contributed by atoms with Crippen LogP contribution in [0.4, 0.5) is 0 Å². The summed E-state index contributed by atoms with van der Waals surface area (Å²) in [5, 5.41) is 42.8. The maximum atomic E-state index is 15.2. The molecule has 2 amide bonds. The van der Waals surface area contributed by atoms with Crippen LogP contribution in [0.1, 0.15) is 79.8 Å². The molecule has 3 fully saturated rings. The van der Waals surface area contributed by atoms with E-state index >= 15 is 4.79 Å². The van der Waals surface area contributed by atoms with Crippen molar-refractivity contribution in [3.05, 3.63) is 119 Å². The van der Waals surface area contributed by atoms with Crippen molar-refractivity contribution in [3.8, 4) is 0 Å². The van der Waals surface area contributed by atoms with Gasteiger partial charge in [-0.2, -0.15) is 0 Å². The van der Waals surface area contributed by atoms with Gasteiger partial charge in [0.05, 0.1) is 41.9 Å². The summed E-state index contributed by atoms with van der Waals surface area (Å²) in [7, 11) is 0. The number of hydrogen-bond acceptors (Lipinski definition) is 11. The van der Waals surface area contributed by atoms with E-state index in [0.717, 1.165) is 6.92 Å². The number of benzene rings is 3. The van der Waals surface area contributed by atoms with Crippen molar-refractivity contribution in [3.63, 3.8) is 0 Å². The maximum absolute atomic E-state index is 15.2. The van der Waals surface area contributed by atoms with Crippen molar-refractivity contribution in [2.24, 2.45) is 22.7 Å². The summed E-state index contributed by atoms with van der Waals surface area (Å²) in [6.45, 7) is 7.87. The van der Waals surface area contributed by atoms with Crippen LogP contribution in [0, 0.1) is 22.7 Å². The lowest BCUT2D eigenvalue weighted by Gasteiger charge is -2.64. The summed E-state index contributed by atoms with van der Waals surface area (Å²) in [5.41, 5.74) is -3.79. The SMILES string of the molecule is CC(=O)O[C@H]1C(=O)[C@@]2(C)[C@@H]([C@@H]3CO[C@@H]3C[C@@H]2O)[C@H](OC(=O)c2ccccc2)[C@]2(O)C[C@H](NC(=O)[C@H](O)[C@@H](NC(=O)c3ccccc3)c3ccccc3)C(C)=C1C2(C)C. The van der Waals surface area contributed by atoms with Crippen molar-refractivity contribution in [1.29, 1.82) is 0 Å². The molecule has 11 atom stereocenters. The van der Waals surface area contributed by atoms with Gasteiger partial charge in [0.2, 0.25) is 0 Å². The number of rotatable bonds is 9. The van der Waals surface area contributed by atoms with Gasteiger partial charge in [0.15, 0.2) is 18.0 Å². The number of carbonyl (C=O) groups excluding carboxylic acids is 5. The first-order valence-electron chi connectivity index (χ1n) is 19.6. The second-order valence-corrected chi connectivity index (χ2v) is 16.7. The lowest BCUT2D eigenvalue weighted by atomic mass is 9.45. The Balaban J connectivity index is 1.34. The molecule has 2 saturated carbocycles. The van der Waals surface area contributed by atoms with E-state index in [1.165, 1.54) is 0 Å². The number of Topliss-reactive ketones (excluding diaryl/α,β-unsaturated/α-hetero) is 1. The Morgan fingerprint density at radius 1 is 0.879 bits per heavy atom. The first-order chi connectivity index (χ1) is 27.5. The molecule has 1 heterocycles. The third-order valence-corrected chi connectivity index (χ3v) is 13.2. The second-order valence-electron chi connectivity index (χ2n) is 16.7. The number of ketones is 1. The summed E-state index contributed by atoms with van der Waals surface area (Å²) in [6, 6.07) is 22.7. The first kappa shape index (κ1) is 41.0. The highest BCUT2D eigenvalue weighted by Gasteiger charge is 2.72. The molecule has 3 aromatic rings. The van der Waals surface area contributed by atoms with Crippen LogP contribution in [-0.2, 0) is 28.6 Å². The van der Waals surface area contributed by atoms with Gasteiger partial charge in [0.1, 0.15) is 11.7 Å². The predicted octanol–water partition coefficient (Wildman–Crippen LogP) is 3.62. The Morgan fingerprint density at radius 3 is 2.03 bits per heavy atom. The Hall–Kier alpha value is -5.21. The Labute approximate surface area is 336 Å². The van der Waals surface area contributed by atoms with Gasteiger partial charge in [-0.1, -0.05) is 80.6 Å². The summed E-state index contributed by atoms with van der Waals surface area (Å²) in [6.07, 6.45) is -6.97. The van der Waals surface area contributed by atoms with Gasteiger partial charge >= 0.3 is 11.9 Å². The number of carbonyl (C=O) groups is 5. The number of nitrogens with one attached hydrogen (secondary N) is 2. The molecule has 7 rings (SSSR count). The molecule has 0 unspecified atom stereocenters.